The number of hydrogen-bond donors (Lipinski definition) is 1. The second-order valence-corrected chi connectivity index (χ2v) is 3.02. The molecule has 0 rings (SSSR count). The Kier molecular flexibility index (Phi) is 5.07. The van der Waals surface area contributed by atoms with Crippen LogP contribution >= 0.6 is 0 Å². The summed E-state index contributed by atoms with van der Waals surface area (Å²) in [7, 11) is 3.81. The van der Waals surface area contributed by atoms with E-state index < -0.39 is 0 Å². The fraction of sp³-hybridized carbons (Fsp3) is 0.875. The first-order valence-corrected chi connectivity index (χ1v) is 3.87. The number of aldehydes is 1. The summed E-state index contributed by atoms with van der Waals surface area (Å²) in [6.07, 6.45) is 1.77. The molecule has 3 heteroatoms. The van der Waals surface area contributed by atoms with Gasteiger partial charge in [0.1, 0.15) is 6.29 Å². The van der Waals surface area contributed by atoms with Crippen LogP contribution in [0.1, 0.15) is 19.8 Å². The summed E-state index contributed by atoms with van der Waals surface area (Å²) < 4.78 is 0. The maximum Gasteiger partial charge on any atom is 0.120 e. The molecule has 1 unspecified atom stereocenters. The third-order valence-corrected chi connectivity index (χ3v) is 1.80. The number of nitrogens with zero attached hydrogens (tertiary/aromatic N) is 1. The highest BCUT2D eigenvalue weighted by molar-refractivity contribution is 5.49. The fourth-order valence-corrected chi connectivity index (χ4v) is 1.17. The van der Waals surface area contributed by atoms with Crippen molar-refractivity contribution in [1.29, 1.82) is 0 Å². The Morgan fingerprint density at radius 2 is 2.09 bits per heavy atom. The number of carbonyl (C=O) groups excluding carboxylic acids is 1. The second-order valence-electron chi connectivity index (χ2n) is 3.02. The van der Waals surface area contributed by atoms with Crippen LogP contribution in [0.5, 0.6) is 0 Å². The monoisotopic (exact) mass is 159 g/mol. The maximum absolute atomic E-state index is 10.1. The van der Waals surface area contributed by atoms with E-state index >= 15 is 0 Å². The van der Waals surface area contributed by atoms with E-state index in [1.165, 1.54) is 0 Å². The van der Waals surface area contributed by atoms with Crippen LogP contribution < -0.4 is 0 Å². The molecule has 11 heavy (non-hydrogen) atoms. The molecule has 0 aromatic carbocycles. The normalized spacial score (nSPS) is 16.5. The van der Waals surface area contributed by atoms with Gasteiger partial charge in [0.15, 0.2) is 0 Å². The van der Waals surface area contributed by atoms with Crippen molar-refractivity contribution in [3.05, 3.63) is 0 Å². The van der Waals surface area contributed by atoms with Gasteiger partial charge in [0.05, 0.1) is 6.10 Å². The summed E-state index contributed by atoms with van der Waals surface area (Å²) in [5.74, 6) is 0. The van der Waals surface area contributed by atoms with Gasteiger partial charge in [-0.15, -0.1) is 0 Å². The van der Waals surface area contributed by atoms with Crippen LogP contribution in [0.4, 0.5) is 0 Å². The Bertz CT molecular complexity index is 105. The Morgan fingerprint density at radius 3 is 2.36 bits per heavy atom. The first-order valence-electron chi connectivity index (χ1n) is 3.87. The highest BCUT2D eigenvalue weighted by Crippen LogP contribution is 2.06. The van der Waals surface area contributed by atoms with E-state index in [1.54, 1.807) is 6.92 Å². The number of aliphatic hydroxyl groups is 1. The van der Waals surface area contributed by atoms with Gasteiger partial charge in [0.25, 0.3) is 0 Å². The quantitative estimate of drug-likeness (QED) is 0.586. The van der Waals surface area contributed by atoms with Crippen molar-refractivity contribution in [3.63, 3.8) is 0 Å². The molecular weight excluding hydrogens is 142 g/mol. The summed E-state index contributed by atoms with van der Waals surface area (Å²) in [5, 5.41) is 9.25. The molecule has 0 amide bonds. The van der Waals surface area contributed by atoms with Gasteiger partial charge in [0.2, 0.25) is 0 Å². The fourth-order valence-electron chi connectivity index (χ4n) is 1.17. The zero-order chi connectivity index (χ0) is 8.85. The van der Waals surface area contributed by atoms with E-state index in [9.17, 15) is 9.90 Å². The molecule has 0 radical (unpaired) electrons. The van der Waals surface area contributed by atoms with Gasteiger partial charge in [-0.25, -0.2) is 0 Å². The van der Waals surface area contributed by atoms with Crippen LogP contribution in [0.2, 0.25) is 0 Å². The van der Waals surface area contributed by atoms with Gasteiger partial charge in [0, 0.05) is 12.5 Å². The molecule has 3 nitrogen and oxygen atoms in total. The van der Waals surface area contributed by atoms with Crippen molar-refractivity contribution in [1.82, 2.24) is 4.90 Å². The standard InChI is InChI=1S/C8H17NO2/c1-7(11)8(9(2)3)5-4-6-10/h6-8,11H,4-5H2,1-3H3/t7?,8-/m0/s1. The molecule has 0 saturated heterocycles. The largest absolute Gasteiger partial charge is 0.392 e. The van der Waals surface area contributed by atoms with Gasteiger partial charge in [-0.1, -0.05) is 0 Å². The summed E-state index contributed by atoms with van der Waals surface area (Å²) >= 11 is 0. The van der Waals surface area contributed by atoms with Gasteiger partial charge >= 0.3 is 0 Å². The van der Waals surface area contributed by atoms with Crippen LogP contribution in [0.3, 0.4) is 0 Å². The Morgan fingerprint density at radius 1 is 1.55 bits per heavy atom. The molecule has 0 aliphatic rings. The molecule has 0 spiro atoms. The summed E-state index contributed by atoms with van der Waals surface area (Å²) in [6, 6.07) is 0.0974. The molecule has 0 fully saturated rings. The highest BCUT2D eigenvalue weighted by Gasteiger charge is 2.15. The maximum atomic E-state index is 10.1. The number of aliphatic hydroxyl groups excluding tert-OH is 1. The number of rotatable bonds is 5. The summed E-state index contributed by atoms with van der Waals surface area (Å²) in [4.78, 5) is 12.0. The third-order valence-electron chi connectivity index (χ3n) is 1.80. The molecule has 0 heterocycles. The third kappa shape index (κ3) is 4.11. The zero-order valence-corrected chi connectivity index (χ0v) is 7.45. The van der Waals surface area contributed by atoms with Crippen LogP contribution in [0, 0.1) is 0 Å². The van der Waals surface area contributed by atoms with Gasteiger partial charge in [-0.3, -0.25) is 0 Å². The van der Waals surface area contributed by atoms with Crippen molar-refractivity contribution < 1.29 is 9.90 Å². The predicted molar refractivity (Wildman–Crippen MR) is 44.5 cm³/mol. The van der Waals surface area contributed by atoms with E-state index in [0.717, 1.165) is 12.7 Å². The van der Waals surface area contributed by atoms with E-state index in [2.05, 4.69) is 0 Å². The average Bonchev–Trinajstić information content (AvgIpc) is 1.87. The molecule has 0 saturated carbocycles. The minimum atomic E-state index is -0.370. The first kappa shape index (κ1) is 10.6. The van der Waals surface area contributed by atoms with Crippen LogP contribution in [0.15, 0.2) is 0 Å². The highest BCUT2D eigenvalue weighted by atomic mass is 16.3. The topological polar surface area (TPSA) is 40.5 Å². The minimum Gasteiger partial charge on any atom is -0.392 e. The van der Waals surface area contributed by atoms with E-state index in [0.29, 0.717) is 6.42 Å². The van der Waals surface area contributed by atoms with E-state index in [4.69, 9.17) is 0 Å². The lowest BCUT2D eigenvalue weighted by atomic mass is 10.1. The minimum absolute atomic E-state index is 0.0974. The van der Waals surface area contributed by atoms with Crippen molar-refractivity contribution in [3.8, 4) is 0 Å². The molecule has 0 aromatic rings. The Hall–Kier alpha value is -0.410. The molecule has 0 aliphatic carbocycles. The van der Waals surface area contributed by atoms with Gasteiger partial charge in [-0.2, -0.15) is 0 Å². The molecule has 0 aromatic heterocycles. The van der Waals surface area contributed by atoms with Crippen molar-refractivity contribution in [2.75, 3.05) is 14.1 Å². The summed E-state index contributed by atoms with van der Waals surface area (Å²) in [5.41, 5.74) is 0. The molecule has 0 bridgehead atoms. The van der Waals surface area contributed by atoms with Crippen molar-refractivity contribution >= 4 is 6.29 Å². The summed E-state index contributed by atoms with van der Waals surface area (Å²) in [6.45, 7) is 1.75. The van der Waals surface area contributed by atoms with Crippen molar-refractivity contribution in [2.45, 2.75) is 31.9 Å². The van der Waals surface area contributed by atoms with E-state index in [-0.39, 0.29) is 12.1 Å². The molecule has 1 N–H and O–H groups in total. The van der Waals surface area contributed by atoms with Crippen LogP contribution in [0.25, 0.3) is 0 Å². The first-order chi connectivity index (χ1) is 5.09. The van der Waals surface area contributed by atoms with E-state index in [1.807, 2.05) is 19.0 Å². The Balaban J connectivity index is 3.79. The van der Waals surface area contributed by atoms with Gasteiger partial charge in [-0.05, 0) is 27.4 Å². The average molecular weight is 159 g/mol. The lowest BCUT2D eigenvalue weighted by Gasteiger charge is -2.25. The van der Waals surface area contributed by atoms with Crippen molar-refractivity contribution in [2.24, 2.45) is 0 Å². The Labute approximate surface area is 68.0 Å². The second kappa shape index (κ2) is 5.27. The lowest BCUT2D eigenvalue weighted by molar-refractivity contribution is -0.108. The number of hydrogen-bond acceptors (Lipinski definition) is 3. The molecule has 66 valence electrons. The molecule has 2 atom stereocenters. The smallest absolute Gasteiger partial charge is 0.120 e. The molecule has 0 aliphatic heterocycles. The van der Waals surface area contributed by atoms with Gasteiger partial charge < -0.3 is 14.8 Å². The number of carbonyl (C=O) groups is 1. The number of likely N-dealkylation sites (N-methyl/N-ethyl adjacent to an activating group) is 1. The van der Waals surface area contributed by atoms with Crippen LogP contribution in [-0.4, -0.2) is 42.5 Å². The van der Waals surface area contributed by atoms with Crippen LogP contribution in [-0.2, 0) is 4.79 Å². The molecular formula is C8H17NO2. The SMILES string of the molecule is CC(O)[C@H](CCC=O)N(C)C. The zero-order valence-electron chi connectivity index (χ0n) is 7.45. The lowest BCUT2D eigenvalue weighted by Crippen LogP contribution is -2.37. The predicted octanol–water partition coefficient (Wildman–Crippen LogP) is 0.276.